The van der Waals surface area contributed by atoms with E-state index in [1.165, 1.54) is 31.7 Å². The van der Waals surface area contributed by atoms with Crippen molar-refractivity contribution in [1.29, 1.82) is 0 Å². The summed E-state index contributed by atoms with van der Waals surface area (Å²) in [6, 6.07) is 12.6. The Balaban J connectivity index is 1.82. The van der Waals surface area contributed by atoms with Crippen LogP contribution in [-0.4, -0.2) is 28.0 Å². The maximum atomic E-state index is 13.4. The first-order chi connectivity index (χ1) is 15.4. The van der Waals surface area contributed by atoms with Crippen molar-refractivity contribution >= 4 is 33.2 Å². The van der Waals surface area contributed by atoms with Crippen molar-refractivity contribution in [3.63, 3.8) is 0 Å². The van der Waals surface area contributed by atoms with Crippen LogP contribution in [-0.2, 0) is 14.8 Å². The first kappa shape index (κ1) is 23.9. The van der Waals surface area contributed by atoms with Gasteiger partial charge in [-0.1, -0.05) is 48.7 Å². The highest BCUT2D eigenvalue weighted by Crippen LogP contribution is 2.31. The summed E-state index contributed by atoms with van der Waals surface area (Å²) in [6.07, 6.45) is 8.44. The summed E-state index contributed by atoms with van der Waals surface area (Å²) < 4.78 is 32.9. The molecule has 0 aliphatic heterocycles. The number of benzene rings is 2. The minimum Gasteiger partial charge on any atom is -0.495 e. The summed E-state index contributed by atoms with van der Waals surface area (Å²) in [7, 11) is -2.53. The number of nitrogens with one attached hydrogen (secondary N) is 2. The predicted octanol–water partition coefficient (Wildman–Crippen LogP) is 4.40. The number of amides is 1. The molecule has 0 spiro atoms. The van der Waals surface area contributed by atoms with Crippen LogP contribution < -0.4 is 19.9 Å². The van der Waals surface area contributed by atoms with E-state index in [1.807, 2.05) is 0 Å². The highest BCUT2D eigenvalue weighted by molar-refractivity contribution is 7.92. The standard InChI is InChI=1S/C23H28ClN3O4S/c1-31-22-15-14-19(16-21(22)24)27(32(29,30)20-12-8-5-9-13-20)17-23(28)26-25-18-10-6-3-2-4-7-11-18/h5,8-10,12-16,25H,2-4,6-7,11,17H2,1H3,(H,26,28). The molecule has 2 aromatic carbocycles. The number of allylic oxidation sites excluding steroid dienone is 2. The first-order valence-electron chi connectivity index (χ1n) is 10.6. The minimum atomic E-state index is -4.01. The summed E-state index contributed by atoms with van der Waals surface area (Å²) in [6.45, 7) is -0.417. The Bertz CT molecular complexity index is 1060. The van der Waals surface area contributed by atoms with Crippen molar-refractivity contribution in [2.45, 2.75) is 43.4 Å². The lowest BCUT2D eigenvalue weighted by atomic mass is 10.0. The van der Waals surface area contributed by atoms with Gasteiger partial charge >= 0.3 is 0 Å². The van der Waals surface area contributed by atoms with Gasteiger partial charge in [-0.05, 0) is 56.0 Å². The number of methoxy groups -OCH3 is 1. The van der Waals surface area contributed by atoms with Crippen LogP contribution in [0.1, 0.15) is 38.5 Å². The van der Waals surface area contributed by atoms with Crippen molar-refractivity contribution in [2.24, 2.45) is 0 Å². The SMILES string of the molecule is COc1ccc(N(CC(=O)NNC2=CCCCCCC2)S(=O)(=O)c2ccccc2)cc1Cl. The van der Waals surface area contributed by atoms with Gasteiger partial charge in [0.25, 0.3) is 15.9 Å². The highest BCUT2D eigenvalue weighted by atomic mass is 35.5. The quantitative estimate of drug-likeness (QED) is 0.550. The molecule has 172 valence electrons. The molecule has 1 aliphatic rings. The maximum Gasteiger partial charge on any atom is 0.264 e. The van der Waals surface area contributed by atoms with Gasteiger partial charge in [0.05, 0.1) is 22.7 Å². The normalized spacial score (nSPS) is 14.5. The fraction of sp³-hybridized carbons (Fsp3) is 0.348. The van der Waals surface area contributed by atoms with Crippen LogP contribution in [0.4, 0.5) is 5.69 Å². The molecule has 0 saturated carbocycles. The van der Waals surface area contributed by atoms with E-state index in [2.05, 4.69) is 16.9 Å². The Morgan fingerprint density at radius 2 is 1.84 bits per heavy atom. The number of hydrogen-bond acceptors (Lipinski definition) is 5. The zero-order chi connectivity index (χ0) is 23.0. The molecule has 0 bridgehead atoms. The van der Waals surface area contributed by atoms with E-state index in [0.717, 1.165) is 42.1 Å². The van der Waals surface area contributed by atoms with Gasteiger partial charge in [-0.3, -0.25) is 14.5 Å². The van der Waals surface area contributed by atoms with Crippen molar-refractivity contribution in [1.82, 2.24) is 10.9 Å². The topological polar surface area (TPSA) is 87.7 Å². The number of nitrogens with zero attached hydrogens (tertiary/aromatic N) is 1. The summed E-state index contributed by atoms with van der Waals surface area (Å²) in [5.41, 5.74) is 6.81. The molecule has 1 aliphatic carbocycles. The number of halogens is 1. The maximum absolute atomic E-state index is 13.4. The van der Waals surface area contributed by atoms with Gasteiger partial charge < -0.3 is 10.2 Å². The summed E-state index contributed by atoms with van der Waals surface area (Å²) in [5, 5.41) is 0.247. The Morgan fingerprint density at radius 3 is 2.56 bits per heavy atom. The lowest BCUT2D eigenvalue weighted by molar-refractivity contribution is -0.120. The Morgan fingerprint density at radius 1 is 1.09 bits per heavy atom. The van der Waals surface area contributed by atoms with Crippen LogP contribution in [0.3, 0.4) is 0 Å². The minimum absolute atomic E-state index is 0.0791. The molecule has 9 heteroatoms. The van der Waals surface area contributed by atoms with Crippen molar-refractivity contribution in [2.75, 3.05) is 18.0 Å². The fourth-order valence-corrected chi connectivity index (χ4v) is 5.16. The van der Waals surface area contributed by atoms with E-state index in [1.54, 1.807) is 30.3 Å². The number of rotatable bonds is 8. The van der Waals surface area contributed by atoms with Crippen molar-refractivity contribution in [3.05, 3.63) is 65.3 Å². The zero-order valence-electron chi connectivity index (χ0n) is 18.0. The molecule has 32 heavy (non-hydrogen) atoms. The molecule has 0 atom stereocenters. The van der Waals surface area contributed by atoms with Crippen LogP contribution in [0.15, 0.2) is 65.2 Å². The lowest BCUT2D eigenvalue weighted by Crippen LogP contribution is -2.45. The van der Waals surface area contributed by atoms with Gasteiger partial charge in [0, 0.05) is 5.70 Å². The van der Waals surface area contributed by atoms with Gasteiger partial charge in [-0.15, -0.1) is 0 Å². The molecule has 3 rings (SSSR count). The van der Waals surface area contributed by atoms with Gasteiger partial charge in [-0.25, -0.2) is 8.42 Å². The fourth-order valence-electron chi connectivity index (χ4n) is 3.47. The number of ether oxygens (including phenoxy) is 1. The number of anilines is 1. The molecule has 2 aromatic rings. The number of carbonyl (C=O) groups is 1. The molecule has 0 saturated heterocycles. The Kier molecular flexibility index (Phi) is 8.41. The van der Waals surface area contributed by atoms with Crippen molar-refractivity contribution in [3.8, 4) is 5.75 Å². The van der Waals surface area contributed by atoms with E-state index < -0.39 is 22.5 Å². The van der Waals surface area contributed by atoms with Gasteiger partial charge in [0.1, 0.15) is 12.3 Å². The average molecular weight is 478 g/mol. The molecule has 2 N–H and O–H groups in total. The van der Waals surface area contributed by atoms with Crippen LogP contribution in [0.25, 0.3) is 0 Å². The smallest absolute Gasteiger partial charge is 0.264 e. The van der Waals surface area contributed by atoms with Crippen LogP contribution >= 0.6 is 11.6 Å². The molecule has 0 aromatic heterocycles. The highest BCUT2D eigenvalue weighted by Gasteiger charge is 2.27. The summed E-state index contributed by atoms with van der Waals surface area (Å²) in [4.78, 5) is 12.8. The molecular formula is C23H28ClN3O4S. The monoisotopic (exact) mass is 477 g/mol. The number of hydrogen-bond donors (Lipinski definition) is 2. The summed E-state index contributed by atoms with van der Waals surface area (Å²) >= 11 is 6.23. The number of hydrazine groups is 1. The molecule has 7 nitrogen and oxygen atoms in total. The van der Waals surface area contributed by atoms with Crippen molar-refractivity contribution < 1.29 is 17.9 Å². The Labute approximate surface area is 194 Å². The molecule has 0 fully saturated rings. The Hall–Kier alpha value is -2.71. The van der Waals surface area contributed by atoms with E-state index in [9.17, 15) is 13.2 Å². The van der Waals surface area contributed by atoms with Crippen LogP contribution in [0.2, 0.25) is 5.02 Å². The predicted molar refractivity (Wildman–Crippen MR) is 126 cm³/mol. The first-order valence-corrected chi connectivity index (χ1v) is 12.4. The largest absolute Gasteiger partial charge is 0.495 e. The number of sulfonamides is 1. The second-order valence-electron chi connectivity index (χ2n) is 7.50. The van der Waals surface area contributed by atoms with Gasteiger partial charge in [-0.2, -0.15) is 0 Å². The lowest BCUT2D eigenvalue weighted by Gasteiger charge is -2.25. The molecule has 1 amide bonds. The van der Waals surface area contributed by atoms with E-state index in [0.29, 0.717) is 5.75 Å². The van der Waals surface area contributed by atoms with E-state index in [-0.39, 0.29) is 15.6 Å². The van der Waals surface area contributed by atoms with E-state index >= 15 is 0 Å². The third-order valence-electron chi connectivity index (χ3n) is 5.20. The third kappa shape index (κ3) is 6.17. The number of carbonyl (C=O) groups excluding carboxylic acids is 1. The average Bonchev–Trinajstić information content (AvgIpc) is 2.77. The second kappa shape index (κ2) is 11.2. The van der Waals surface area contributed by atoms with Crippen LogP contribution in [0.5, 0.6) is 5.75 Å². The van der Waals surface area contributed by atoms with Crippen LogP contribution in [0, 0.1) is 0 Å². The van der Waals surface area contributed by atoms with Gasteiger partial charge in [0.2, 0.25) is 0 Å². The second-order valence-corrected chi connectivity index (χ2v) is 9.77. The summed E-state index contributed by atoms with van der Waals surface area (Å²) in [5.74, 6) is -0.0748. The molecule has 0 unspecified atom stereocenters. The zero-order valence-corrected chi connectivity index (χ0v) is 19.6. The molecule has 0 heterocycles. The molecule has 0 radical (unpaired) electrons. The molecular weight excluding hydrogens is 450 g/mol. The third-order valence-corrected chi connectivity index (χ3v) is 7.28. The van der Waals surface area contributed by atoms with E-state index in [4.69, 9.17) is 16.3 Å². The van der Waals surface area contributed by atoms with Gasteiger partial charge in [0.15, 0.2) is 0 Å².